The quantitative estimate of drug-likeness (QED) is 0.519. The fourth-order valence-corrected chi connectivity index (χ4v) is 4.44. The number of hydrogen-bond donors (Lipinski definition) is 1. The van der Waals surface area contributed by atoms with Gasteiger partial charge in [-0.15, -0.1) is 11.3 Å². The van der Waals surface area contributed by atoms with E-state index < -0.39 is 17.2 Å². The van der Waals surface area contributed by atoms with Gasteiger partial charge in [-0.2, -0.15) is 0 Å². The molecule has 1 amide bonds. The van der Waals surface area contributed by atoms with E-state index in [4.69, 9.17) is 11.6 Å². The van der Waals surface area contributed by atoms with E-state index in [0.29, 0.717) is 26.6 Å². The highest BCUT2D eigenvalue weighted by Gasteiger charge is 2.18. The van der Waals surface area contributed by atoms with Crippen molar-refractivity contribution in [2.75, 3.05) is 5.32 Å². The van der Waals surface area contributed by atoms with E-state index in [-0.39, 0.29) is 6.54 Å². The number of halogens is 1. The second-order valence-electron chi connectivity index (χ2n) is 6.96. The molecule has 0 aliphatic heterocycles. The third-order valence-corrected chi connectivity index (χ3v) is 6.01. The highest BCUT2D eigenvalue weighted by molar-refractivity contribution is 7.17. The molecule has 0 atom stereocenters. The lowest BCUT2D eigenvalue weighted by Gasteiger charge is -2.14. The first-order valence-electron chi connectivity index (χ1n) is 9.22. The Hall–Kier alpha value is -3.16. The molecule has 0 bridgehead atoms. The maximum Gasteiger partial charge on any atom is 0.336 e. The summed E-state index contributed by atoms with van der Waals surface area (Å²) in [6.07, 6.45) is 0. The predicted molar refractivity (Wildman–Crippen MR) is 121 cm³/mol. The molecule has 2 aromatic carbocycles. The normalized spacial score (nSPS) is 11.0. The topological polar surface area (TPSA) is 73.1 Å². The summed E-state index contributed by atoms with van der Waals surface area (Å²) in [5.41, 5.74) is 2.18. The van der Waals surface area contributed by atoms with Crippen molar-refractivity contribution in [3.8, 4) is 5.69 Å². The Kier molecular flexibility index (Phi) is 5.32. The number of carbonyl (C=O) groups excluding carboxylic acids is 1. The molecule has 0 unspecified atom stereocenters. The van der Waals surface area contributed by atoms with E-state index in [1.165, 1.54) is 15.9 Å². The van der Waals surface area contributed by atoms with Gasteiger partial charge in [0.2, 0.25) is 5.91 Å². The van der Waals surface area contributed by atoms with Gasteiger partial charge in [0.15, 0.2) is 0 Å². The first kappa shape index (κ1) is 20.1. The van der Waals surface area contributed by atoms with Crippen LogP contribution in [0.15, 0.2) is 63.5 Å². The average Bonchev–Trinajstić information content (AvgIpc) is 3.18. The van der Waals surface area contributed by atoms with Gasteiger partial charge < -0.3 is 5.32 Å². The van der Waals surface area contributed by atoms with Gasteiger partial charge in [-0.1, -0.05) is 35.9 Å². The molecule has 0 radical (unpaired) electrons. The molecule has 0 saturated heterocycles. The highest BCUT2D eigenvalue weighted by atomic mass is 35.5. The maximum absolute atomic E-state index is 13.3. The molecule has 1 N–H and O–H groups in total. The van der Waals surface area contributed by atoms with E-state index in [2.05, 4.69) is 5.32 Å². The van der Waals surface area contributed by atoms with Crippen LogP contribution in [0.5, 0.6) is 0 Å². The molecule has 4 aromatic rings. The van der Waals surface area contributed by atoms with Gasteiger partial charge >= 0.3 is 5.69 Å². The number of fused-ring (bicyclic) bond motifs is 1. The van der Waals surface area contributed by atoms with Crippen LogP contribution in [-0.4, -0.2) is 15.0 Å². The van der Waals surface area contributed by atoms with Crippen LogP contribution in [0.4, 0.5) is 5.69 Å². The molecule has 8 heteroatoms. The Morgan fingerprint density at radius 1 is 1.10 bits per heavy atom. The minimum atomic E-state index is -0.567. The lowest BCUT2D eigenvalue weighted by molar-refractivity contribution is -0.116. The first-order valence-corrected chi connectivity index (χ1v) is 10.5. The van der Waals surface area contributed by atoms with Crippen LogP contribution in [0.25, 0.3) is 15.9 Å². The summed E-state index contributed by atoms with van der Waals surface area (Å²) in [7, 11) is 0. The van der Waals surface area contributed by atoms with Crippen LogP contribution >= 0.6 is 22.9 Å². The summed E-state index contributed by atoms with van der Waals surface area (Å²) < 4.78 is 2.84. The molecular formula is C22H18ClN3O3S. The summed E-state index contributed by atoms with van der Waals surface area (Å²) in [4.78, 5) is 39.0. The van der Waals surface area contributed by atoms with E-state index in [1.54, 1.807) is 41.8 Å². The molecule has 2 heterocycles. The van der Waals surface area contributed by atoms with Crippen molar-refractivity contribution in [3.05, 3.63) is 90.9 Å². The standard InChI is InChI=1S/C22H18ClN3O3S/c1-13-5-3-7-15(11-13)26-21(28)20-17(9-10-30-20)25(22(26)29)12-18(27)24-19-14(2)6-4-8-16(19)23/h3-11H,12H2,1-2H3,(H,24,27). The van der Waals surface area contributed by atoms with E-state index in [0.717, 1.165) is 15.7 Å². The van der Waals surface area contributed by atoms with Crippen molar-refractivity contribution in [2.24, 2.45) is 0 Å². The number of thiophene rings is 1. The lowest BCUT2D eigenvalue weighted by atomic mass is 10.2. The van der Waals surface area contributed by atoms with Crippen LogP contribution in [0.2, 0.25) is 5.02 Å². The van der Waals surface area contributed by atoms with Crippen LogP contribution in [-0.2, 0) is 11.3 Å². The maximum atomic E-state index is 13.3. The average molecular weight is 440 g/mol. The molecule has 2 aromatic heterocycles. The zero-order chi connectivity index (χ0) is 21.4. The van der Waals surface area contributed by atoms with Crippen LogP contribution < -0.4 is 16.6 Å². The third kappa shape index (κ3) is 3.58. The largest absolute Gasteiger partial charge is 0.336 e. The van der Waals surface area contributed by atoms with Crippen LogP contribution in [0.3, 0.4) is 0 Å². The fraction of sp³-hybridized carbons (Fsp3) is 0.136. The number of para-hydroxylation sites is 1. The Labute approximate surface area is 181 Å². The minimum Gasteiger partial charge on any atom is -0.323 e. The van der Waals surface area contributed by atoms with Crippen LogP contribution in [0.1, 0.15) is 11.1 Å². The smallest absolute Gasteiger partial charge is 0.323 e. The number of anilines is 1. The van der Waals surface area contributed by atoms with Gasteiger partial charge in [0.05, 0.1) is 21.9 Å². The molecule has 0 aliphatic rings. The summed E-state index contributed by atoms with van der Waals surface area (Å²) in [6.45, 7) is 3.47. The van der Waals surface area contributed by atoms with Crippen molar-refractivity contribution in [2.45, 2.75) is 20.4 Å². The van der Waals surface area contributed by atoms with Gasteiger partial charge in [0.1, 0.15) is 11.2 Å². The van der Waals surface area contributed by atoms with E-state index in [9.17, 15) is 14.4 Å². The molecule has 30 heavy (non-hydrogen) atoms. The SMILES string of the molecule is Cc1cccc(-n2c(=O)c3sccc3n(CC(=O)Nc3c(C)cccc3Cl)c2=O)c1. The number of amides is 1. The molecular weight excluding hydrogens is 422 g/mol. The number of nitrogens with one attached hydrogen (secondary N) is 1. The van der Waals surface area contributed by atoms with Gasteiger partial charge in [-0.3, -0.25) is 14.2 Å². The summed E-state index contributed by atoms with van der Waals surface area (Å²) in [5.74, 6) is -0.407. The molecule has 152 valence electrons. The monoisotopic (exact) mass is 439 g/mol. The number of rotatable bonds is 4. The Balaban J connectivity index is 1.81. The number of nitrogens with zero attached hydrogens (tertiary/aromatic N) is 2. The summed E-state index contributed by atoms with van der Waals surface area (Å²) >= 11 is 7.44. The first-order chi connectivity index (χ1) is 14.4. The molecule has 6 nitrogen and oxygen atoms in total. The number of hydrogen-bond acceptors (Lipinski definition) is 4. The second kappa shape index (κ2) is 7.93. The minimum absolute atomic E-state index is 0.247. The van der Waals surface area contributed by atoms with Gasteiger partial charge in [-0.05, 0) is 54.6 Å². The summed E-state index contributed by atoms with van der Waals surface area (Å²) in [5, 5.41) is 4.93. The number of aromatic nitrogens is 2. The van der Waals surface area contributed by atoms with Crippen molar-refractivity contribution in [1.29, 1.82) is 0 Å². The Morgan fingerprint density at radius 2 is 1.87 bits per heavy atom. The Morgan fingerprint density at radius 3 is 2.60 bits per heavy atom. The van der Waals surface area contributed by atoms with Gasteiger partial charge in [-0.25, -0.2) is 9.36 Å². The number of carbonyl (C=O) groups is 1. The second-order valence-corrected chi connectivity index (χ2v) is 8.29. The van der Waals surface area contributed by atoms with Crippen LogP contribution in [0, 0.1) is 13.8 Å². The predicted octanol–water partition coefficient (Wildman–Crippen LogP) is 4.12. The number of benzene rings is 2. The summed E-state index contributed by atoms with van der Waals surface area (Å²) in [6, 6.07) is 14.1. The zero-order valence-corrected chi connectivity index (χ0v) is 17.9. The molecule has 4 rings (SSSR count). The van der Waals surface area contributed by atoms with Gasteiger partial charge in [0, 0.05) is 0 Å². The van der Waals surface area contributed by atoms with Crippen molar-refractivity contribution < 1.29 is 4.79 Å². The third-order valence-electron chi connectivity index (χ3n) is 4.80. The van der Waals surface area contributed by atoms with E-state index >= 15 is 0 Å². The molecule has 0 fully saturated rings. The number of aryl methyl sites for hydroxylation is 2. The Bertz CT molecular complexity index is 1380. The fourth-order valence-electron chi connectivity index (χ4n) is 3.35. The van der Waals surface area contributed by atoms with Crippen molar-refractivity contribution in [1.82, 2.24) is 9.13 Å². The zero-order valence-electron chi connectivity index (χ0n) is 16.3. The van der Waals surface area contributed by atoms with Crippen molar-refractivity contribution >= 4 is 44.7 Å². The molecule has 0 aliphatic carbocycles. The van der Waals surface area contributed by atoms with Gasteiger partial charge in [0.25, 0.3) is 5.56 Å². The highest BCUT2D eigenvalue weighted by Crippen LogP contribution is 2.25. The van der Waals surface area contributed by atoms with Crippen molar-refractivity contribution in [3.63, 3.8) is 0 Å². The van der Waals surface area contributed by atoms with E-state index in [1.807, 2.05) is 26.0 Å². The molecule has 0 spiro atoms. The lowest BCUT2D eigenvalue weighted by Crippen LogP contribution is -2.40. The molecule has 0 saturated carbocycles.